The lowest BCUT2D eigenvalue weighted by molar-refractivity contribution is -0.145. The fraction of sp³-hybridized carbons (Fsp3) is 0.0857. The first-order valence-electron chi connectivity index (χ1n) is 13.6. The van der Waals surface area contributed by atoms with Crippen LogP contribution in [0.3, 0.4) is 0 Å². The lowest BCUT2D eigenvalue weighted by Gasteiger charge is -2.23. The summed E-state index contributed by atoms with van der Waals surface area (Å²) in [5.74, 6) is -1.04. The van der Waals surface area contributed by atoms with E-state index in [2.05, 4.69) is 0 Å². The quantitative estimate of drug-likeness (QED) is 0.102. The van der Waals surface area contributed by atoms with Gasteiger partial charge in [-0.2, -0.15) is 0 Å². The predicted molar refractivity (Wildman–Crippen MR) is 179 cm³/mol. The zero-order chi connectivity index (χ0) is 31.1. The Hall–Kier alpha value is -4.50. The number of carboxylic acid groups (broad SMARTS) is 1. The van der Waals surface area contributed by atoms with Gasteiger partial charge < -0.3 is 9.84 Å². The first-order valence-corrected chi connectivity index (χ1v) is 15.2. The van der Waals surface area contributed by atoms with Crippen LogP contribution in [0.5, 0.6) is 5.75 Å². The Morgan fingerprint density at radius 1 is 0.886 bits per heavy atom. The number of ketones is 1. The second-order valence-corrected chi connectivity index (χ2v) is 12.0. The molecule has 44 heavy (non-hydrogen) atoms. The van der Waals surface area contributed by atoms with E-state index in [1.165, 1.54) is 11.0 Å². The first-order chi connectivity index (χ1) is 21.3. The minimum absolute atomic E-state index is 0.148. The maximum absolute atomic E-state index is 13.2. The Balaban J connectivity index is 1.19. The highest BCUT2D eigenvalue weighted by molar-refractivity contribution is 8.26. The summed E-state index contributed by atoms with van der Waals surface area (Å²) in [6.45, 7) is 0.395. The van der Waals surface area contributed by atoms with Crippen LogP contribution in [-0.4, -0.2) is 38.0 Å². The monoisotopic (exact) mass is 639 g/mol. The SMILES string of the molecule is O=C(/C=C/c1ccc(/C=C2\SC(=S)N([C@@H](Cc3ccccc3)C(=O)O)C2=O)cc1)c1ccc(OCc2ccc(Cl)cc2)cc1. The maximum Gasteiger partial charge on any atom is 0.327 e. The number of thiocarbonyl (C=S) groups is 1. The van der Waals surface area contributed by atoms with Crippen LogP contribution in [0.1, 0.15) is 32.6 Å². The molecule has 1 atom stereocenters. The minimum Gasteiger partial charge on any atom is -0.489 e. The van der Waals surface area contributed by atoms with Crippen LogP contribution < -0.4 is 4.74 Å². The van der Waals surface area contributed by atoms with Crippen molar-refractivity contribution in [3.05, 3.63) is 147 Å². The fourth-order valence-corrected chi connectivity index (χ4v) is 5.94. The minimum atomic E-state index is -1.12. The van der Waals surface area contributed by atoms with Crippen LogP contribution in [0.4, 0.5) is 0 Å². The number of allylic oxidation sites excluding steroid dienone is 1. The molecular formula is C35H26ClNO5S2. The molecule has 9 heteroatoms. The summed E-state index contributed by atoms with van der Waals surface area (Å²) in [4.78, 5) is 39.5. The zero-order valence-electron chi connectivity index (χ0n) is 23.3. The Morgan fingerprint density at radius 2 is 1.55 bits per heavy atom. The number of thioether (sulfide) groups is 1. The number of carbonyl (C=O) groups is 3. The van der Waals surface area contributed by atoms with E-state index in [0.29, 0.717) is 27.8 Å². The fourth-order valence-electron chi connectivity index (χ4n) is 4.46. The summed E-state index contributed by atoms with van der Waals surface area (Å²) in [5, 5.41) is 10.5. The van der Waals surface area contributed by atoms with E-state index >= 15 is 0 Å². The second kappa shape index (κ2) is 14.3. The number of hydrogen-bond donors (Lipinski definition) is 1. The third kappa shape index (κ3) is 7.90. The molecule has 5 rings (SSSR count). The number of halogens is 1. The second-order valence-electron chi connectivity index (χ2n) is 9.90. The summed E-state index contributed by atoms with van der Waals surface area (Å²) in [6, 6.07) is 29.7. The molecule has 4 aromatic carbocycles. The van der Waals surface area contributed by atoms with E-state index in [1.807, 2.05) is 78.9 Å². The lowest BCUT2D eigenvalue weighted by atomic mass is 10.0. The third-order valence-electron chi connectivity index (χ3n) is 6.81. The molecule has 0 bridgehead atoms. The van der Waals surface area contributed by atoms with Crippen molar-refractivity contribution >= 4 is 69.7 Å². The Labute approximate surface area is 269 Å². The summed E-state index contributed by atoms with van der Waals surface area (Å²) < 4.78 is 6.00. The van der Waals surface area contributed by atoms with Gasteiger partial charge >= 0.3 is 5.97 Å². The summed E-state index contributed by atoms with van der Waals surface area (Å²) >= 11 is 12.4. The van der Waals surface area contributed by atoms with Crippen LogP contribution in [-0.2, 0) is 22.6 Å². The highest BCUT2D eigenvalue weighted by Gasteiger charge is 2.40. The van der Waals surface area contributed by atoms with Crippen LogP contribution >= 0.6 is 35.6 Å². The normalized spacial score (nSPS) is 14.8. The van der Waals surface area contributed by atoms with E-state index in [1.54, 1.807) is 36.4 Å². The van der Waals surface area contributed by atoms with Crippen molar-refractivity contribution in [1.82, 2.24) is 4.90 Å². The van der Waals surface area contributed by atoms with Crippen LogP contribution in [0.25, 0.3) is 12.2 Å². The van der Waals surface area contributed by atoms with Gasteiger partial charge in [-0.25, -0.2) is 4.79 Å². The highest BCUT2D eigenvalue weighted by atomic mass is 35.5. The number of carboxylic acids is 1. The molecule has 0 saturated carbocycles. The molecule has 1 aliphatic rings. The maximum atomic E-state index is 13.2. The average molecular weight is 640 g/mol. The molecule has 1 fully saturated rings. The summed E-state index contributed by atoms with van der Waals surface area (Å²) in [6.07, 6.45) is 5.06. The zero-order valence-corrected chi connectivity index (χ0v) is 25.6. The van der Waals surface area contributed by atoms with E-state index in [-0.39, 0.29) is 16.5 Å². The first kappa shape index (κ1) is 30.9. The van der Waals surface area contributed by atoms with Gasteiger partial charge in [-0.05, 0) is 70.8 Å². The summed E-state index contributed by atoms with van der Waals surface area (Å²) in [5.41, 5.74) is 3.88. The van der Waals surface area contributed by atoms with Gasteiger partial charge in [-0.1, -0.05) is 108 Å². The molecule has 1 saturated heterocycles. The van der Waals surface area contributed by atoms with Gasteiger partial charge in [0.25, 0.3) is 5.91 Å². The standard InChI is InChI=1S/C35H26ClNO5S2/c36-28-15-10-26(11-16-28)22-42-29-17-13-27(14-18-29)31(38)19-12-23-6-8-25(9-7-23)21-32-33(39)37(35(43)44-32)30(34(40)41)20-24-4-2-1-3-5-24/h1-19,21,30H,20,22H2,(H,40,41)/b19-12+,32-21-/t30-/m0/s1. The third-order valence-corrected chi connectivity index (χ3v) is 8.39. The van der Waals surface area contributed by atoms with Crippen molar-refractivity contribution in [2.75, 3.05) is 0 Å². The van der Waals surface area contributed by atoms with Crippen LogP contribution in [0.15, 0.2) is 114 Å². The number of aliphatic carboxylic acids is 1. The van der Waals surface area contributed by atoms with Gasteiger partial charge in [0.05, 0.1) is 4.91 Å². The molecule has 1 heterocycles. The Bertz CT molecular complexity index is 1740. The number of amides is 1. The molecule has 1 N–H and O–H groups in total. The Kier molecular flexibility index (Phi) is 10.1. The van der Waals surface area contributed by atoms with Crippen molar-refractivity contribution in [3.63, 3.8) is 0 Å². The van der Waals surface area contributed by atoms with Gasteiger partial charge in [0, 0.05) is 17.0 Å². The molecule has 0 aromatic heterocycles. The van der Waals surface area contributed by atoms with E-state index < -0.39 is 17.9 Å². The smallest absolute Gasteiger partial charge is 0.327 e. The van der Waals surface area contributed by atoms with Crippen molar-refractivity contribution in [1.29, 1.82) is 0 Å². The van der Waals surface area contributed by atoms with E-state index in [0.717, 1.165) is 34.0 Å². The van der Waals surface area contributed by atoms with Crippen molar-refractivity contribution in [2.45, 2.75) is 19.1 Å². The predicted octanol–water partition coefficient (Wildman–Crippen LogP) is 7.71. The van der Waals surface area contributed by atoms with Crippen LogP contribution in [0.2, 0.25) is 5.02 Å². The van der Waals surface area contributed by atoms with Gasteiger partial charge in [-0.15, -0.1) is 0 Å². The molecule has 1 aliphatic heterocycles. The molecule has 220 valence electrons. The van der Waals surface area contributed by atoms with Gasteiger partial charge in [0.2, 0.25) is 0 Å². The number of hydrogen-bond acceptors (Lipinski definition) is 6. The van der Waals surface area contributed by atoms with Crippen molar-refractivity contribution in [2.24, 2.45) is 0 Å². The highest BCUT2D eigenvalue weighted by Crippen LogP contribution is 2.35. The van der Waals surface area contributed by atoms with Crippen molar-refractivity contribution in [3.8, 4) is 5.75 Å². The number of nitrogens with zero attached hydrogens (tertiary/aromatic N) is 1. The molecular weight excluding hydrogens is 614 g/mol. The molecule has 0 radical (unpaired) electrons. The summed E-state index contributed by atoms with van der Waals surface area (Å²) in [7, 11) is 0. The average Bonchev–Trinajstić information content (AvgIpc) is 3.31. The topological polar surface area (TPSA) is 83.9 Å². The number of carbonyl (C=O) groups excluding carboxylic acids is 2. The van der Waals surface area contributed by atoms with E-state index in [4.69, 9.17) is 28.6 Å². The molecule has 0 aliphatic carbocycles. The van der Waals surface area contributed by atoms with Crippen LogP contribution in [0, 0.1) is 0 Å². The number of ether oxygens (including phenoxy) is 1. The number of rotatable bonds is 11. The molecule has 4 aromatic rings. The number of benzene rings is 4. The molecule has 6 nitrogen and oxygen atoms in total. The molecule has 0 spiro atoms. The Morgan fingerprint density at radius 3 is 2.20 bits per heavy atom. The molecule has 1 amide bonds. The van der Waals surface area contributed by atoms with Gasteiger partial charge in [0.15, 0.2) is 5.78 Å². The van der Waals surface area contributed by atoms with E-state index in [9.17, 15) is 19.5 Å². The van der Waals surface area contributed by atoms with Crippen molar-refractivity contribution < 1.29 is 24.2 Å². The largest absolute Gasteiger partial charge is 0.489 e. The van der Waals surface area contributed by atoms with Gasteiger partial charge in [0.1, 0.15) is 22.7 Å². The van der Waals surface area contributed by atoms with Gasteiger partial charge in [-0.3, -0.25) is 14.5 Å². The molecule has 0 unspecified atom stereocenters. The lowest BCUT2D eigenvalue weighted by Crippen LogP contribution is -2.45.